The highest BCUT2D eigenvalue weighted by atomic mass is 16.1. The molecule has 2 rings (SSSR count). The Bertz CT molecular complexity index is 589. The van der Waals surface area contributed by atoms with Crippen molar-refractivity contribution in [2.45, 2.75) is 19.8 Å². The molecule has 2 aromatic rings. The zero-order valence-electron chi connectivity index (χ0n) is 10.2. The van der Waals surface area contributed by atoms with Gasteiger partial charge in [-0.15, -0.1) is 0 Å². The molecule has 0 aromatic carbocycles. The van der Waals surface area contributed by atoms with Gasteiger partial charge in [-0.3, -0.25) is 4.79 Å². The first kappa shape index (κ1) is 12.0. The second kappa shape index (κ2) is 4.44. The Balaban J connectivity index is 2.46. The van der Waals surface area contributed by atoms with E-state index in [0.29, 0.717) is 17.5 Å². The summed E-state index contributed by atoms with van der Waals surface area (Å²) >= 11 is 0. The van der Waals surface area contributed by atoms with Crippen molar-refractivity contribution in [3.05, 3.63) is 29.8 Å². The molecule has 18 heavy (non-hydrogen) atoms. The summed E-state index contributed by atoms with van der Waals surface area (Å²) in [5, 5.41) is 4.02. The number of rotatable bonds is 3. The number of amides is 1. The average Bonchev–Trinajstić information content (AvgIpc) is 2.77. The van der Waals surface area contributed by atoms with Gasteiger partial charge in [-0.1, -0.05) is 13.8 Å². The van der Waals surface area contributed by atoms with Gasteiger partial charge in [0.2, 0.25) is 0 Å². The zero-order valence-corrected chi connectivity index (χ0v) is 10.2. The smallest absolute Gasteiger partial charge is 0.269 e. The fourth-order valence-electron chi connectivity index (χ4n) is 1.43. The van der Waals surface area contributed by atoms with Crippen molar-refractivity contribution in [1.82, 2.24) is 19.7 Å². The van der Waals surface area contributed by atoms with Crippen molar-refractivity contribution in [1.29, 1.82) is 0 Å². The average molecular weight is 246 g/mol. The first-order chi connectivity index (χ1) is 8.47. The van der Waals surface area contributed by atoms with Gasteiger partial charge in [-0.25, -0.2) is 14.6 Å². The molecule has 0 saturated heterocycles. The van der Waals surface area contributed by atoms with Crippen LogP contribution in [0.2, 0.25) is 0 Å². The summed E-state index contributed by atoms with van der Waals surface area (Å²) in [7, 11) is 0. The third kappa shape index (κ3) is 2.29. The van der Waals surface area contributed by atoms with Crippen molar-refractivity contribution in [2.24, 2.45) is 5.73 Å². The lowest BCUT2D eigenvalue weighted by Gasteiger charge is -2.07. The van der Waals surface area contributed by atoms with Crippen molar-refractivity contribution in [3.8, 4) is 5.82 Å². The van der Waals surface area contributed by atoms with Gasteiger partial charge in [0, 0.05) is 18.2 Å². The molecule has 0 saturated carbocycles. The summed E-state index contributed by atoms with van der Waals surface area (Å²) in [6.45, 7) is 3.94. The number of nitrogens with zero attached hydrogens (tertiary/aromatic N) is 4. The monoisotopic (exact) mass is 246 g/mol. The molecule has 0 aliphatic rings. The number of aromatic nitrogens is 4. The van der Waals surface area contributed by atoms with E-state index in [1.54, 1.807) is 12.3 Å². The molecule has 7 heteroatoms. The number of hydrogen-bond donors (Lipinski definition) is 2. The van der Waals surface area contributed by atoms with Crippen LogP contribution in [0.25, 0.3) is 5.82 Å². The van der Waals surface area contributed by atoms with Crippen LogP contribution in [0.1, 0.15) is 36.1 Å². The fourth-order valence-corrected chi connectivity index (χ4v) is 1.43. The summed E-state index contributed by atoms with van der Waals surface area (Å²) < 4.78 is 1.45. The van der Waals surface area contributed by atoms with E-state index >= 15 is 0 Å². The molecule has 0 aliphatic heterocycles. The second-order valence-electron chi connectivity index (χ2n) is 4.17. The van der Waals surface area contributed by atoms with Crippen molar-refractivity contribution in [2.75, 3.05) is 5.73 Å². The minimum absolute atomic E-state index is 0.151. The molecule has 4 N–H and O–H groups in total. The summed E-state index contributed by atoms with van der Waals surface area (Å²) in [5.74, 6) is 1.07. The lowest BCUT2D eigenvalue weighted by Crippen LogP contribution is -2.13. The lowest BCUT2D eigenvalue weighted by molar-refractivity contribution is 0.0995. The molecule has 0 radical (unpaired) electrons. The van der Waals surface area contributed by atoms with Crippen molar-refractivity contribution < 1.29 is 4.79 Å². The Morgan fingerprint density at radius 3 is 2.67 bits per heavy atom. The van der Waals surface area contributed by atoms with Gasteiger partial charge in [0.25, 0.3) is 5.91 Å². The highest BCUT2D eigenvalue weighted by Gasteiger charge is 2.10. The number of anilines is 1. The topological polar surface area (TPSA) is 113 Å². The Labute approximate surface area is 104 Å². The standard InChI is InChI=1S/C11H14N6O/c1-6(2)11-14-8(12)5-9(15-11)17-4-3-7(16-17)10(13)18/h3-6H,1-2H3,(H2,13,18)(H2,12,14,15). The predicted molar refractivity (Wildman–Crippen MR) is 66.2 cm³/mol. The third-order valence-corrected chi connectivity index (χ3v) is 2.34. The number of nitrogens with two attached hydrogens (primary N) is 2. The molecular weight excluding hydrogens is 232 g/mol. The van der Waals surface area contributed by atoms with Gasteiger partial charge in [-0.05, 0) is 6.07 Å². The van der Waals surface area contributed by atoms with Gasteiger partial charge < -0.3 is 11.5 Å². The van der Waals surface area contributed by atoms with E-state index in [0.717, 1.165) is 0 Å². The van der Waals surface area contributed by atoms with E-state index in [1.807, 2.05) is 13.8 Å². The molecule has 0 bridgehead atoms. The Hall–Kier alpha value is -2.44. The van der Waals surface area contributed by atoms with Crippen LogP contribution in [0.15, 0.2) is 18.3 Å². The number of nitrogen functional groups attached to an aromatic ring is 1. The maximum atomic E-state index is 11.0. The highest BCUT2D eigenvalue weighted by Crippen LogP contribution is 2.14. The molecule has 7 nitrogen and oxygen atoms in total. The number of carbonyl (C=O) groups excluding carboxylic acids is 1. The predicted octanol–water partition coefficient (Wildman–Crippen LogP) is 0.467. The summed E-state index contributed by atoms with van der Waals surface area (Å²) in [6, 6.07) is 3.11. The quantitative estimate of drug-likeness (QED) is 0.817. The number of carbonyl (C=O) groups is 1. The third-order valence-electron chi connectivity index (χ3n) is 2.34. The van der Waals surface area contributed by atoms with Crippen LogP contribution in [-0.2, 0) is 0 Å². The molecule has 94 valence electrons. The number of primary amides is 1. The highest BCUT2D eigenvalue weighted by molar-refractivity contribution is 5.90. The second-order valence-corrected chi connectivity index (χ2v) is 4.17. The maximum Gasteiger partial charge on any atom is 0.269 e. The van der Waals surface area contributed by atoms with Crippen LogP contribution >= 0.6 is 0 Å². The Kier molecular flexibility index (Phi) is 2.97. The molecular formula is C11H14N6O. The van der Waals surface area contributed by atoms with Crippen LogP contribution in [0.4, 0.5) is 5.82 Å². The van der Waals surface area contributed by atoms with E-state index in [4.69, 9.17) is 11.5 Å². The van der Waals surface area contributed by atoms with Crippen LogP contribution < -0.4 is 11.5 Å². The van der Waals surface area contributed by atoms with E-state index in [-0.39, 0.29) is 11.6 Å². The molecule has 0 fully saturated rings. The first-order valence-corrected chi connectivity index (χ1v) is 5.47. The molecule has 0 spiro atoms. The Morgan fingerprint density at radius 2 is 2.11 bits per heavy atom. The van der Waals surface area contributed by atoms with E-state index in [2.05, 4.69) is 15.1 Å². The van der Waals surface area contributed by atoms with Gasteiger partial charge in [0.1, 0.15) is 17.3 Å². The van der Waals surface area contributed by atoms with Crippen LogP contribution in [0.3, 0.4) is 0 Å². The lowest BCUT2D eigenvalue weighted by atomic mass is 10.2. The van der Waals surface area contributed by atoms with Gasteiger partial charge in [-0.2, -0.15) is 5.10 Å². The molecule has 2 aromatic heterocycles. The van der Waals surface area contributed by atoms with Gasteiger partial charge >= 0.3 is 0 Å². The fraction of sp³-hybridized carbons (Fsp3) is 0.273. The molecule has 0 atom stereocenters. The van der Waals surface area contributed by atoms with E-state index < -0.39 is 5.91 Å². The normalized spacial score (nSPS) is 10.8. The maximum absolute atomic E-state index is 11.0. The summed E-state index contributed by atoms with van der Waals surface area (Å²) in [5.41, 5.74) is 11.0. The summed E-state index contributed by atoms with van der Waals surface area (Å²) in [6.07, 6.45) is 1.60. The Morgan fingerprint density at radius 1 is 1.39 bits per heavy atom. The van der Waals surface area contributed by atoms with Crippen LogP contribution in [0.5, 0.6) is 0 Å². The van der Waals surface area contributed by atoms with Crippen molar-refractivity contribution >= 4 is 11.7 Å². The first-order valence-electron chi connectivity index (χ1n) is 5.47. The molecule has 0 unspecified atom stereocenters. The van der Waals surface area contributed by atoms with Gasteiger partial charge in [0.05, 0.1) is 0 Å². The molecule has 0 aliphatic carbocycles. The van der Waals surface area contributed by atoms with Crippen LogP contribution in [-0.4, -0.2) is 25.7 Å². The van der Waals surface area contributed by atoms with Crippen LogP contribution in [0, 0.1) is 0 Å². The van der Waals surface area contributed by atoms with E-state index in [9.17, 15) is 4.79 Å². The van der Waals surface area contributed by atoms with Crippen molar-refractivity contribution in [3.63, 3.8) is 0 Å². The number of hydrogen-bond acceptors (Lipinski definition) is 5. The summed E-state index contributed by atoms with van der Waals surface area (Å²) in [4.78, 5) is 19.4. The molecule has 2 heterocycles. The minimum atomic E-state index is -0.583. The minimum Gasteiger partial charge on any atom is -0.384 e. The largest absolute Gasteiger partial charge is 0.384 e. The van der Waals surface area contributed by atoms with E-state index in [1.165, 1.54) is 10.7 Å². The SMILES string of the molecule is CC(C)c1nc(N)cc(-n2ccc(C(N)=O)n2)n1. The molecule has 1 amide bonds. The van der Waals surface area contributed by atoms with Gasteiger partial charge in [0.15, 0.2) is 5.82 Å². The zero-order chi connectivity index (χ0) is 13.3.